The van der Waals surface area contributed by atoms with E-state index in [1.807, 2.05) is 0 Å². The van der Waals surface area contributed by atoms with Crippen LogP contribution in [0, 0.1) is 0 Å². The van der Waals surface area contributed by atoms with Crippen LogP contribution in [0.25, 0.3) is 10.8 Å². The number of nitrogens with two attached hydrogens (primary N) is 1. The Morgan fingerprint density at radius 2 is 1.69 bits per heavy atom. The lowest BCUT2D eigenvalue weighted by molar-refractivity contribution is 0.0624. The second-order valence-electron chi connectivity index (χ2n) is 6.50. The number of aromatic nitrogens is 2. The number of anilines is 1. The summed E-state index contributed by atoms with van der Waals surface area (Å²) in [6, 6.07) is 14.9. The van der Waals surface area contributed by atoms with Gasteiger partial charge in [-0.25, -0.2) is 9.97 Å². The number of hydrogen-bond donors (Lipinski definition) is 1. The number of nitrogen functional groups attached to an aromatic ring is 1. The minimum Gasteiger partial charge on any atom is -0.382 e. The van der Waals surface area contributed by atoms with E-state index in [-0.39, 0.29) is 17.4 Å². The van der Waals surface area contributed by atoms with Crippen molar-refractivity contribution in [3.8, 4) is 0 Å². The summed E-state index contributed by atoms with van der Waals surface area (Å²) in [5.74, 6) is 0.0519. The van der Waals surface area contributed by atoms with Crippen molar-refractivity contribution in [3.05, 3.63) is 66.1 Å². The second-order valence-corrected chi connectivity index (χ2v) is 6.50. The molecule has 1 fully saturated rings. The third-order valence-electron chi connectivity index (χ3n) is 4.86. The Labute approximate surface area is 152 Å². The standard InChI is InChI=1S/C20H21N5O/c21-19-18(22-8-9-23-19)20(26)25-12-10-24(11-13-25)14-16-6-3-5-15-4-1-2-7-17(15)16/h1-9H,10-14H2,(H2,21,23). The Kier molecular flexibility index (Phi) is 4.50. The highest BCUT2D eigenvalue weighted by atomic mass is 16.2. The van der Waals surface area contributed by atoms with E-state index < -0.39 is 0 Å². The highest BCUT2D eigenvalue weighted by Crippen LogP contribution is 2.21. The van der Waals surface area contributed by atoms with E-state index in [1.54, 1.807) is 4.90 Å². The van der Waals surface area contributed by atoms with Crippen LogP contribution in [-0.2, 0) is 6.54 Å². The largest absolute Gasteiger partial charge is 0.382 e. The molecule has 0 unspecified atom stereocenters. The van der Waals surface area contributed by atoms with Crippen LogP contribution in [0.15, 0.2) is 54.9 Å². The lowest BCUT2D eigenvalue weighted by atomic mass is 10.0. The second kappa shape index (κ2) is 7.09. The Morgan fingerprint density at radius 1 is 0.962 bits per heavy atom. The first-order valence-corrected chi connectivity index (χ1v) is 8.77. The first-order valence-electron chi connectivity index (χ1n) is 8.77. The molecule has 3 aromatic rings. The first-order chi connectivity index (χ1) is 12.7. The van der Waals surface area contributed by atoms with Gasteiger partial charge in [-0.15, -0.1) is 0 Å². The van der Waals surface area contributed by atoms with E-state index in [1.165, 1.54) is 28.7 Å². The number of rotatable bonds is 3. The van der Waals surface area contributed by atoms with Gasteiger partial charge < -0.3 is 10.6 Å². The molecule has 1 aromatic heterocycles. The molecule has 1 aliphatic rings. The molecule has 6 heteroatoms. The van der Waals surface area contributed by atoms with Crippen molar-refractivity contribution in [1.29, 1.82) is 0 Å². The van der Waals surface area contributed by atoms with Crippen LogP contribution in [0.2, 0.25) is 0 Å². The summed E-state index contributed by atoms with van der Waals surface area (Å²) in [5.41, 5.74) is 7.34. The minimum absolute atomic E-state index is 0.139. The fraction of sp³-hybridized carbons (Fsp3) is 0.250. The Bertz CT molecular complexity index is 929. The number of carbonyl (C=O) groups excluding carboxylic acids is 1. The lowest BCUT2D eigenvalue weighted by Crippen LogP contribution is -2.48. The van der Waals surface area contributed by atoms with Crippen LogP contribution in [0.4, 0.5) is 5.82 Å². The van der Waals surface area contributed by atoms with Crippen LogP contribution in [0.3, 0.4) is 0 Å². The number of benzene rings is 2. The minimum atomic E-state index is -0.139. The van der Waals surface area contributed by atoms with E-state index in [4.69, 9.17) is 5.73 Å². The molecule has 26 heavy (non-hydrogen) atoms. The molecule has 0 radical (unpaired) electrons. The van der Waals surface area contributed by atoms with Crippen molar-refractivity contribution in [2.45, 2.75) is 6.54 Å². The zero-order chi connectivity index (χ0) is 17.9. The molecule has 132 valence electrons. The third kappa shape index (κ3) is 3.23. The number of carbonyl (C=O) groups is 1. The number of amides is 1. The van der Waals surface area contributed by atoms with E-state index in [2.05, 4.69) is 57.3 Å². The van der Waals surface area contributed by atoms with Gasteiger partial charge in [-0.2, -0.15) is 0 Å². The molecule has 0 saturated carbocycles. The number of piperazine rings is 1. The average Bonchev–Trinajstić information content (AvgIpc) is 2.69. The molecule has 0 bridgehead atoms. The maximum absolute atomic E-state index is 12.6. The summed E-state index contributed by atoms with van der Waals surface area (Å²) in [7, 11) is 0. The topological polar surface area (TPSA) is 75.3 Å². The summed E-state index contributed by atoms with van der Waals surface area (Å²) >= 11 is 0. The van der Waals surface area contributed by atoms with Gasteiger partial charge in [0.1, 0.15) is 0 Å². The molecule has 1 amide bonds. The van der Waals surface area contributed by atoms with E-state index in [0.717, 1.165) is 19.6 Å². The molecular formula is C20H21N5O. The van der Waals surface area contributed by atoms with Gasteiger partial charge in [0.25, 0.3) is 5.91 Å². The van der Waals surface area contributed by atoms with E-state index in [9.17, 15) is 4.79 Å². The third-order valence-corrected chi connectivity index (χ3v) is 4.86. The predicted molar refractivity (Wildman–Crippen MR) is 102 cm³/mol. The normalized spacial score (nSPS) is 15.3. The molecule has 4 rings (SSSR count). The van der Waals surface area contributed by atoms with Crippen LogP contribution in [-0.4, -0.2) is 51.9 Å². The van der Waals surface area contributed by atoms with Gasteiger partial charge in [0.05, 0.1) is 0 Å². The van der Waals surface area contributed by atoms with Crippen molar-refractivity contribution < 1.29 is 4.79 Å². The van der Waals surface area contributed by atoms with Gasteiger partial charge in [0.15, 0.2) is 11.5 Å². The quantitative estimate of drug-likeness (QED) is 0.786. The van der Waals surface area contributed by atoms with Crippen LogP contribution < -0.4 is 5.73 Å². The number of fused-ring (bicyclic) bond motifs is 1. The zero-order valence-electron chi connectivity index (χ0n) is 14.5. The molecule has 6 nitrogen and oxygen atoms in total. The van der Waals surface area contributed by atoms with Gasteiger partial charge in [-0.1, -0.05) is 42.5 Å². The fourth-order valence-electron chi connectivity index (χ4n) is 3.44. The molecule has 0 atom stereocenters. The van der Waals surface area contributed by atoms with Crippen molar-refractivity contribution >= 4 is 22.5 Å². The van der Waals surface area contributed by atoms with Crippen LogP contribution >= 0.6 is 0 Å². The van der Waals surface area contributed by atoms with Crippen molar-refractivity contribution in [3.63, 3.8) is 0 Å². The summed E-state index contributed by atoms with van der Waals surface area (Å²) in [4.78, 5) is 24.8. The predicted octanol–water partition coefficient (Wildman–Crippen LogP) is 2.17. The first kappa shape index (κ1) is 16.5. The van der Waals surface area contributed by atoms with Gasteiger partial charge in [-0.3, -0.25) is 9.69 Å². The van der Waals surface area contributed by atoms with Crippen LogP contribution in [0.5, 0.6) is 0 Å². The summed E-state index contributed by atoms with van der Waals surface area (Å²) in [6.07, 6.45) is 2.99. The van der Waals surface area contributed by atoms with E-state index >= 15 is 0 Å². The molecule has 2 aromatic carbocycles. The summed E-state index contributed by atoms with van der Waals surface area (Å²) in [5, 5.41) is 2.55. The Hall–Kier alpha value is -2.99. The molecule has 0 aliphatic carbocycles. The van der Waals surface area contributed by atoms with Crippen LogP contribution in [0.1, 0.15) is 16.1 Å². The maximum Gasteiger partial charge on any atom is 0.276 e. The monoisotopic (exact) mass is 347 g/mol. The molecule has 0 spiro atoms. The lowest BCUT2D eigenvalue weighted by Gasteiger charge is -2.34. The average molecular weight is 347 g/mol. The Balaban J connectivity index is 1.42. The number of hydrogen-bond acceptors (Lipinski definition) is 5. The highest BCUT2D eigenvalue weighted by Gasteiger charge is 2.24. The molecule has 2 N–H and O–H groups in total. The smallest absolute Gasteiger partial charge is 0.276 e. The molecule has 1 aliphatic heterocycles. The highest BCUT2D eigenvalue weighted by molar-refractivity contribution is 5.96. The number of nitrogens with zero attached hydrogens (tertiary/aromatic N) is 4. The molecule has 1 saturated heterocycles. The van der Waals surface area contributed by atoms with Gasteiger partial charge in [-0.05, 0) is 16.3 Å². The van der Waals surface area contributed by atoms with Crippen molar-refractivity contribution in [2.24, 2.45) is 0 Å². The summed E-state index contributed by atoms with van der Waals surface area (Å²) in [6.45, 7) is 3.88. The fourth-order valence-corrected chi connectivity index (χ4v) is 3.44. The van der Waals surface area contributed by atoms with Crippen molar-refractivity contribution in [1.82, 2.24) is 19.8 Å². The van der Waals surface area contributed by atoms with Gasteiger partial charge in [0, 0.05) is 45.1 Å². The van der Waals surface area contributed by atoms with E-state index in [0.29, 0.717) is 13.1 Å². The van der Waals surface area contributed by atoms with Gasteiger partial charge in [0.2, 0.25) is 0 Å². The molecule has 2 heterocycles. The van der Waals surface area contributed by atoms with Gasteiger partial charge >= 0.3 is 0 Å². The maximum atomic E-state index is 12.6. The zero-order valence-corrected chi connectivity index (χ0v) is 14.5. The Morgan fingerprint density at radius 3 is 2.50 bits per heavy atom. The SMILES string of the molecule is Nc1nccnc1C(=O)N1CCN(Cc2cccc3ccccc23)CC1. The molecular weight excluding hydrogens is 326 g/mol. The summed E-state index contributed by atoms with van der Waals surface area (Å²) < 4.78 is 0. The van der Waals surface area contributed by atoms with Crippen molar-refractivity contribution in [2.75, 3.05) is 31.9 Å².